The van der Waals surface area contributed by atoms with E-state index in [1.807, 2.05) is 19.9 Å². The summed E-state index contributed by atoms with van der Waals surface area (Å²) in [5, 5.41) is 8.09. The van der Waals surface area contributed by atoms with E-state index in [1.165, 1.54) is 12.1 Å². The van der Waals surface area contributed by atoms with Crippen molar-refractivity contribution in [1.29, 1.82) is 5.26 Å². The molecule has 0 amide bonds. The molecule has 18 heavy (non-hydrogen) atoms. The Bertz CT molecular complexity index is 489. The van der Waals surface area contributed by atoms with E-state index in [0.29, 0.717) is 0 Å². The van der Waals surface area contributed by atoms with Crippen molar-refractivity contribution in [3.8, 4) is 6.07 Å². The number of nitrogens with two attached hydrogens (primary N) is 1. The molecule has 0 bridgehead atoms. The fraction of sp³-hybridized carbons (Fsp3) is 0.417. The van der Waals surface area contributed by atoms with Gasteiger partial charge in [0.05, 0.1) is 17.0 Å². The summed E-state index contributed by atoms with van der Waals surface area (Å²) in [6.45, 7) is 3.85. The minimum Gasteiger partial charge on any atom is -0.316 e. The van der Waals surface area contributed by atoms with Crippen molar-refractivity contribution >= 4 is 10.1 Å². The van der Waals surface area contributed by atoms with Crippen LogP contribution in [0.3, 0.4) is 0 Å². The molecule has 0 radical (unpaired) electrons. The zero-order chi connectivity index (χ0) is 14.2. The first-order valence-electron chi connectivity index (χ1n) is 5.50. The molecule has 1 aromatic carbocycles. The SMILES string of the molecule is CCCC(N)C#N.Cc1ccc(S(=O)(=O)O)cc1. The van der Waals surface area contributed by atoms with Gasteiger partial charge in [-0.15, -0.1) is 0 Å². The highest BCUT2D eigenvalue weighted by atomic mass is 32.2. The van der Waals surface area contributed by atoms with E-state index in [9.17, 15) is 8.42 Å². The molecule has 0 fully saturated rings. The van der Waals surface area contributed by atoms with Crippen molar-refractivity contribution in [3.63, 3.8) is 0 Å². The Morgan fingerprint density at radius 1 is 1.39 bits per heavy atom. The molecule has 3 N–H and O–H groups in total. The van der Waals surface area contributed by atoms with Gasteiger partial charge in [-0.3, -0.25) is 4.55 Å². The van der Waals surface area contributed by atoms with Crippen LogP contribution >= 0.6 is 0 Å². The lowest BCUT2D eigenvalue weighted by Gasteiger charge is -1.95. The van der Waals surface area contributed by atoms with Gasteiger partial charge in [0.2, 0.25) is 0 Å². The number of nitrogens with zero attached hydrogens (tertiary/aromatic N) is 1. The van der Waals surface area contributed by atoms with E-state index in [-0.39, 0.29) is 10.9 Å². The normalized spacial score (nSPS) is 11.9. The molecule has 0 saturated heterocycles. The largest absolute Gasteiger partial charge is 0.316 e. The third-order valence-electron chi connectivity index (χ3n) is 2.08. The number of hydrogen-bond acceptors (Lipinski definition) is 4. The third-order valence-corrected chi connectivity index (χ3v) is 2.95. The fourth-order valence-electron chi connectivity index (χ4n) is 1.09. The molecule has 0 aliphatic rings. The summed E-state index contributed by atoms with van der Waals surface area (Å²) in [6.07, 6.45) is 1.81. The van der Waals surface area contributed by atoms with Gasteiger partial charge in [-0.05, 0) is 25.5 Å². The highest BCUT2D eigenvalue weighted by Crippen LogP contribution is 2.08. The number of nitriles is 1. The van der Waals surface area contributed by atoms with Gasteiger partial charge in [0, 0.05) is 0 Å². The van der Waals surface area contributed by atoms with Crippen LogP contribution in [0.25, 0.3) is 0 Å². The molecule has 0 spiro atoms. The number of rotatable bonds is 3. The predicted molar refractivity (Wildman–Crippen MR) is 69.5 cm³/mol. The van der Waals surface area contributed by atoms with Crippen molar-refractivity contribution in [2.45, 2.75) is 37.6 Å². The number of hydrogen-bond donors (Lipinski definition) is 2. The Labute approximate surface area is 108 Å². The Morgan fingerprint density at radius 2 is 1.89 bits per heavy atom. The van der Waals surface area contributed by atoms with E-state index in [4.69, 9.17) is 15.5 Å². The second-order valence-corrected chi connectivity index (χ2v) is 5.23. The first kappa shape index (κ1) is 16.6. The Kier molecular flexibility index (Phi) is 7.20. The highest BCUT2D eigenvalue weighted by molar-refractivity contribution is 7.85. The first-order valence-corrected chi connectivity index (χ1v) is 6.94. The summed E-state index contributed by atoms with van der Waals surface area (Å²) in [5.41, 5.74) is 6.18. The van der Waals surface area contributed by atoms with Crippen molar-refractivity contribution < 1.29 is 13.0 Å². The number of aryl methyl sites for hydroxylation is 1. The van der Waals surface area contributed by atoms with Crippen LogP contribution in [0.2, 0.25) is 0 Å². The molecule has 1 rings (SSSR count). The molecule has 0 heterocycles. The van der Waals surface area contributed by atoms with Gasteiger partial charge in [0.15, 0.2) is 0 Å². The maximum Gasteiger partial charge on any atom is 0.294 e. The van der Waals surface area contributed by atoms with Gasteiger partial charge >= 0.3 is 0 Å². The van der Waals surface area contributed by atoms with Crippen LogP contribution in [0.15, 0.2) is 29.2 Å². The lowest BCUT2D eigenvalue weighted by Crippen LogP contribution is -2.15. The van der Waals surface area contributed by atoms with Crippen LogP contribution in [0, 0.1) is 18.3 Å². The standard InChI is InChI=1S/C7H8O3S.C5H10N2/c1-6-2-4-7(5-3-6)11(8,9)10;1-2-3-5(7)4-6/h2-5H,1H3,(H,8,9,10);5H,2-3,7H2,1H3. The average molecular weight is 270 g/mol. The van der Waals surface area contributed by atoms with Gasteiger partial charge < -0.3 is 5.73 Å². The van der Waals surface area contributed by atoms with Crippen molar-refractivity contribution in [3.05, 3.63) is 29.8 Å². The first-order chi connectivity index (χ1) is 8.31. The Balaban J connectivity index is 0.000000360. The lowest BCUT2D eigenvalue weighted by molar-refractivity contribution is 0.483. The number of benzene rings is 1. The topological polar surface area (TPSA) is 104 Å². The van der Waals surface area contributed by atoms with Gasteiger partial charge in [0.1, 0.15) is 0 Å². The molecule has 6 heteroatoms. The summed E-state index contributed by atoms with van der Waals surface area (Å²) in [5.74, 6) is 0. The average Bonchev–Trinajstić information content (AvgIpc) is 2.29. The maximum atomic E-state index is 10.5. The predicted octanol–water partition coefficient (Wildman–Crippen LogP) is 1.88. The van der Waals surface area contributed by atoms with E-state index >= 15 is 0 Å². The molecule has 1 atom stereocenters. The smallest absolute Gasteiger partial charge is 0.294 e. The van der Waals surface area contributed by atoms with Crippen molar-refractivity contribution in [1.82, 2.24) is 0 Å². The molecule has 0 saturated carbocycles. The minimum atomic E-state index is -4.02. The molecule has 100 valence electrons. The molecule has 0 aromatic heterocycles. The van der Waals surface area contributed by atoms with Crippen LogP contribution in [-0.2, 0) is 10.1 Å². The molecular weight excluding hydrogens is 252 g/mol. The van der Waals surface area contributed by atoms with Crippen LogP contribution < -0.4 is 5.73 Å². The van der Waals surface area contributed by atoms with Crippen LogP contribution in [0.1, 0.15) is 25.3 Å². The monoisotopic (exact) mass is 270 g/mol. The van der Waals surface area contributed by atoms with Gasteiger partial charge in [0.25, 0.3) is 10.1 Å². The summed E-state index contributed by atoms with van der Waals surface area (Å²) < 4.78 is 29.6. The van der Waals surface area contributed by atoms with E-state index in [1.54, 1.807) is 12.1 Å². The highest BCUT2D eigenvalue weighted by Gasteiger charge is 2.06. The molecule has 0 aliphatic carbocycles. The Morgan fingerprint density at radius 3 is 2.17 bits per heavy atom. The maximum absolute atomic E-state index is 10.5. The second-order valence-electron chi connectivity index (χ2n) is 3.81. The van der Waals surface area contributed by atoms with Gasteiger partial charge in [-0.2, -0.15) is 13.7 Å². The summed E-state index contributed by atoms with van der Waals surface area (Å²) >= 11 is 0. The third kappa shape index (κ3) is 7.01. The molecular formula is C12H18N2O3S. The molecule has 5 nitrogen and oxygen atoms in total. The second kappa shape index (κ2) is 7.82. The molecule has 1 aromatic rings. The van der Waals surface area contributed by atoms with Crippen LogP contribution in [0.5, 0.6) is 0 Å². The minimum absolute atomic E-state index is 0.0666. The summed E-state index contributed by atoms with van der Waals surface area (Å²) in [4.78, 5) is -0.0666. The molecule has 0 aliphatic heterocycles. The van der Waals surface area contributed by atoms with Crippen molar-refractivity contribution in [2.75, 3.05) is 0 Å². The van der Waals surface area contributed by atoms with E-state index < -0.39 is 10.1 Å². The van der Waals surface area contributed by atoms with Gasteiger partial charge in [-0.25, -0.2) is 0 Å². The fourth-order valence-corrected chi connectivity index (χ4v) is 1.57. The van der Waals surface area contributed by atoms with Crippen LogP contribution in [0.4, 0.5) is 0 Å². The van der Waals surface area contributed by atoms with Crippen LogP contribution in [-0.4, -0.2) is 19.0 Å². The zero-order valence-electron chi connectivity index (χ0n) is 10.5. The lowest BCUT2D eigenvalue weighted by atomic mass is 10.2. The van der Waals surface area contributed by atoms with Gasteiger partial charge in [-0.1, -0.05) is 31.0 Å². The zero-order valence-corrected chi connectivity index (χ0v) is 11.3. The molecule has 1 unspecified atom stereocenters. The van der Waals surface area contributed by atoms with E-state index in [2.05, 4.69) is 0 Å². The summed E-state index contributed by atoms with van der Waals surface area (Å²) in [7, 11) is -4.02. The quantitative estimate of drug-likeness (QED) is 0.816. The van der Waals surface area contributed by atoms with Crippen molar-refractivity contribution in [2.24, 2.45) is 5.73 Å². The summed E-state index contributed by atoms with van der Waals surface area (Å²) in [6, 6.07) is 7.69. The van der Waals surface area contributed by atoms with E-state index in [0.717, 1.165) is 18.4 Å². The Hall–Kier alpha value is -1.42.